The zero-order valence-corrected chi connectivity index (χ0v) is 13.6. The average Bonchev–Trinajstić information content (AvgIpc) is 2.50. The second kappa shape index (κ2) is 20.4. The summed E-state index contributed by atoms with van der Waals surface area (Å²) in [5.41, 5.74) is 0. The minimum Gasteiger partial charge on any atom is -0.481 e. The van der Waals surface area contributed by atoms with Crippen LogP contribution in [0.15, 0.2) is 25.3 Å². The Balaban J connectivity index is -0.000000361. The Labute approximate surface area is 141 Å². The van der Waals surface area contributed by atoms with Crippen molar-refractivity contribution in [3.63, 3.8) is 0 Å². The number of unbranched alkanes of at least 4 members (excludes halogenated alkanes) is 5. The number of aliphatic carboxylic acids is 4. The van der Waals surface area contributed by atoms with E-state index in [4.69, 9.17) is 20.4 Å². The maximum Gasteiger partial charge on any atom is 0.327 e. The summed E-state index contributed by atoms with van der Waals surface area (Å²) >= 11 is 0. The third-order valence-electron chi connectivity index (χ3n) is 2.38. The van der Waals surface area contributed by atoms with Gasteiger partial charge in [0.1, 0.15) is 0 Å². The molecule has 0 aromatic rings. The molecule has 0 bridgehead atoms. The number of carboxylic acids is 4. The lowest BCUT2D eigenvalue weighted by molar-refractivity contribution is -0.138. The molecule has 24 heavy (non-hydrogen) atoms. The highest BCUT2D eigenvalue weighted by molar-refractivity contribution is 5.79. The molecule has 0 atom stereocenters. The minimum absolute atomic E-state index is 0.245. The molecule has 0 aliphatic heterocycles. The maximum absolute atomic E-state index is 10.1. The van der Waals surface area contributed by atoms with Gasteiger partial charge in [0.25, 0.3) is 0 Å². The fourth-order valence-corrected chi connectivity index (χ4v) is 1.26. The highest BCUT2D eigenvalue weighted by Gasteiger charge is 1.98. The minimum atomic E-state index is -0.981. The van der Waals surface area contributed by atoms with Crippen LogP contribution in [0.5, 0.6) is 0 Å². The summed E-state index contributed by atoms with van der Waals surface area (Å²) in [4.78, 5) is 38.8. The third kappa shape index (κ3) is 42.7. The molecule has 0 heterocycles. The summed E-state index contributed by atoms with van der Waals surface area (Å²) < 4.78 is 0. The Bertz CT molecular complexity index is 363. The van der Waals surface area contributed by atoms with E-state index in [0.717, 1.165) is 50.7 Å². The SMILES string of the molecule is C=CC(=O)O.C=CC(=O)O.O=C(O)CCCCCCCCC(=O)O. The normalized spacial score (nSPS) is 8.50. The van der Waals surface area contributed by atoms with Crippen molar-refractivity contribution < 1.29 is 39.6 Å². The maximum atomic E-state index is 10.1. The van der Waals surface area contributed by atoms with Gasteiger partial charge in [-0.3, -0.25) is 9.59 Å². The van der Waals surface area contributed by atoms with Gasteiger partial charge in [0, 0.05) is 25.0 Å². The first-order valence-electron chi connectivity index (χ1n) is 7.31. The van der Waals surface area contributed by atoms with Gasteiger partial charge >= 0.3 is 23.9 Å². The van der Waals surface area contributed by atoms with E-state index in [2.05, 4.69) is 13.2 Å². The van der Waals surface area contributed by atoms with Crippen molar-refractivity contribution in [2.45, 2.75) is 51.4 Å². The molecule has 0 aliphatic carbocycles. The first kappa shape index (κ1) is 26.3. The molecule has 0 rings (SSSR count). The Hall–Kier alpha value is -2.64. The molecule has 0 saturated carbocycles. The summed E-state index contributed by atoms with van der Waals surface area (Å²) in [6, 6.07) is 0. The number of rotatable bonds is 11. The smallest absolute Gasteiger partial charge is 0.327 e. The van der Waals surface area contributed by atoms with Gasteiger partial charge in [-0.1, -0.05) is 38.8 Å². The third-order valence-corrected chi connectivity index (χ3v) is 2.38. The summed E-state index contributed by atoms with van der Waals surface area (Å²) in [5.74, 6) is -3.44. The molecule has 0 aliphatic rings. The predicted octanol–water partition coefficient (Wildman–Crippen LogP) is 2.79. The zero-order valence-electron chi connectivity index (χ0n) is 13.6. The van der Waals surface area contributed by atoms with Crippen LogP contribution in [0.3, 0.4) is 0 Å². The van der Waals surface area contributed by atoms with Crippen LogP contribution >= 0.6 is 0 Å². The zero-order chi connectivity index (χ0) is 19.4. The summed E-state index contributed by atoms with van der Waals surface area (Å²) in [5, 5.41) is 31.9. The van der Waals surface area contributed by atoms with Crippen molar-refractivity contribution in [1.29, 1.82) is 0 Å². The number of hydrogen-bond donors (Lipinski definition) is 4. The summed E-state index contributed by atoms with van der Waals surface area (Å²) in [6.07, 6.45) is 7.49. The molecule has 0 amide bonds. The Kier molecular flexibility index (Phi) is 22.3. The quantitative estimate of drug-likeness (QED) is 0.329. The molecule has 0 aromatic heterocycles. The largest absolute Gasteiger partial charge is 0.481 e. The molecular formula is C16H26O8. The second-order valence-electron chi connectivity index (χ2n) is 4.49. The molecule has 0 saturated heterocycles. The Morgan fingerprint density at radius 3 is 0.958 bits per heavy atom. The molecular weight excluding hydrogens is 320 g/mol. The number of carboxylic acid groups (broad SMARTS) is 4. The van der Waals surface area contributed by atoms with E-state index in [0.29, 0.717) is 0 Å². The van der Waals surface area contributed by atoms with Gasteiger partial charge in [0.15, 0.2) is 0 Å². The lowest BCUT2D eigenvalue weighted by atomic mass is 10.1. The van der Waals surface area contributed by atoms with Crippen molar-refractivity contribution in [2.24, 2.45) is 0 Å². The molecule has 8 heteroatoms. The van der Waals surface area contributed by atoms with Crippen molar-refractivity contribution in [3.05, 3.63) is 25.3 Å². The second-order valence-corrected chi connectivity index (χ2v) is 4.49. The monoisotopic (exact) mass is 346 g/mol. The van der Waals surface area contributed by atoms with Crippen LogP contribution in [0.2, 0.25) is 0 Å². The Morgan fingerprint density at radius 2 is 0.792 bits per heavy atom. The highest BCUT2D eigenvalue weighted by Crippen LogP contribution is 2.08. The van der Waals surface area contributed by atoms with E-state index < -0.39 is 23.9 Å². The predicted molar refractivity (Wildman–Crippen MR) is 87.9 cm³/mol. The molecule has 138 valence electrons. The molecule has 0 spiro atoms. The molecule has 0 radical (unpaired) electrons. The highest BCUT2D eigenvalue weighted by atomic mass is 16.4. The van der Waals surface area contributed by atoms with Gasteiger partial charge in [-0.25, -0.2) is 9.59 Å². The van der Waals surface area contributed by atoms with Gasteiger partial charge in [0.2, 0.25) is 0 Å². The van der Waals surface area contributed by atoms with Crippen LogP contribution < -0.4 is 0 Å². The lowest BCUT2D eigenvalue weighted by Gasteiger charge is -1.98. The summed E-state index contributed by atoms with van der Waals surface area (Å²) in [7, 11) is 0. The van der Waals surface area contributed by atoms with E-state index in [9.17, 15) is 19.2 Å². The van der Waals surface area contributed by atoms with E-state index in [-0.39, 0.29) is 12.8 Å². The first-order valence-corrected chi connectivity index (χ1v) is 7.31. The fraction of sp³-hybridized carbons (Fsp3) is 0.500. The van der Waals surface area contributed by atoms with E-state index >= 15 is 0 Å². The van der Waals surface area contributed by atoms with Crippen molar-refractivity contribution in [2.75, 3.05) is 0 Å². The van der Waals surface area contributed by atoms with Gasteiger partial charge in [0.05, 0.1) is 0 Å². The standard InChI is InChI=1S/C10H18O4.2C3H4O2/c11-9(12)7-5-3-1-2-4-6-8-10(13)14;2*1-2-3(4)5/h1-8H2,(H,11,12)(H,13,14);2*2H,1H2,(H,4,5). The summed E-state index contributed by atoms with van der Waals surface area (Å²) in [6.45, 7) is 5.92. The van der Waals surface area contributed by atoms with Crippen LogP contribution in [-0.4, -0.2) is 44.3 Å². The molecule has 4 N–H and O–H groups in total. The molecule has 0 aromatic carbocycles. The molecule has 0 unspecified atom stereocenters. The average molecular weight is 346 g/mol. The van der Waals surface area contributed by atoms with E-state index in [1.54, 1.807) is 0 Å². The van der Waals surface area contributed by atoms with Gasteiger partial charge in [-0.2, -0.15) is 0 Å². The topological polar surface area (TPSA) is 149 Å². The van der Waals surface area contributed by atoms with Gasteiger partial charge < -0.3 is 20.4 Å². The number of hydrogen-bond acceptors (Lipinski definition) is 4. The van der Waals surface area contributed by atoms with Crippen LogP contribution in [0.4, 0.5) is 0 Å². The Morgan fingerprint density at radius 1 is 0.583 bits per heavy atom. The van der Waals surface area contributed by atoms with Crippen LogP contribution in [-0.2, 0) is 19.2 Å². The van der Waals surface area contributed by atoms with Crippen molar-refractivity contribution in [1.82, 2.24) is 0 Å². The van der Waals surface area contributed by atoms with Crippen LogP contribution in [0.1, 0.15) is 51.4 Å². The lowest BCUT2D eigenvalue weighted by Crippen LogP contribution is -1.94. The van der Waals surface area contributed by atoms with Gasteiger partial charge in [-0.15, -0.1) is 0 Å². The molecule has 8 nitrogen and oxygen atoms in total. The van der Waals surface area contributed by atoms with E-state index in [1.165, 1.54) is 0 Å². The first-order chi connectivity index (χ1) is 11.2. The van der Waals surface area contributed by atoms with Crippen LogP contribution in [0, 0.1) is 0 Å². The number of carbonyl (C=O) groups is 4. The van der Waals surface area contributed by atoms with E-state index in [1.807, 2.05) is 0 Å². The van der Waals surface area contributed by atoms with Crippen molar-refractivity contribution >= 4 is 23.9 Å². The van der Waals surface area contributed by atoms with Crippen LogP contribution in [0.25, 0.3) is 0 Å². The van der Waals surface area contributed by atoms with Gasteiger partial charge in [-0.05, 0) is 12.8 Å². The molecule has 0 fully saturated rings. The van der Waals surface area contributed by atoms with Crippen molar-refractivity contribution in [3.8, 4) is 0 Å². The fourth-order valence-electron chi connectivity index (χ4n) is 1.26.